The molecule has 8 heteroatoms. The Morgan fingerprint density at radius 3 is 3.00 bits per heavy atom. The van der Waals surface area contributed by atoms with Crippen LogP contribution in [0.15, 0.2) is 29.4 Å². The molecule has 0 atom stereocenters. The summed E-state index contributed by atoms with van der Waals surface area (Å²) in [6.45, 7) is 2.98. The zero-order valence-electron chi connectivity index (χ0n) is 12.0. The van der Waals surface area contributed by atoms with Crippen LogP contribution in [0.2, 0.25) is 5.02 Å². The number of fused-ring (bicyclic) bond motifs is 1. The molecule has 0 amide bonds. The Morgan fingerprint density at radius 2 is 2.23 bits per heavy atom. The van der Waals surface area contributed by atoms with E-state index in [1.807, 2.05) is 33.7 Å². The highest BCUT2D eigenvalue weighted by molar-refractivity contribution is 7.99. The number of nitrogens with zero attached hydrogens (tertiary/aromatic N) is 4. The molecule has 1 aromatic heterocycles. The van der Waals surface area contributed by atoms with Crippen molar-refractivity contribution in [3.05, 3.63) is 29.3 Å². The van der Waals surface area contributed by atoms with Gasteiger partial charge in [0.1, 0.15) is 0 Å². The molecule has 0 bridgehead atoms. The van der Waals surface area contributed by atoms with E-state index in [1.54, 1.807) is 18.7 Å². The minimum absolute atomic E-state index is 0.223. The predicted octanol–water partition coefficient (Wildman–Crippen LogP) is 2.48. The number of carbonyl (C=O) groups excluding carboxylic acids is 1. The summed E-state index contributed by atoms with van der Waals surface area (Å²) in [4.78, 5) is 13.6. The molecule has 3 rings (SSSR count). The molecule has 0 spiro atoms. The molecule has 1 aliphatic rings. The third-order valence-electron chi connectivity index (χ3n) is 3.21. The molecule has 116 valence electrons. The fraction of sp³-hybridized carbons (Fsp3) is 0.357. The average Bonchev–Trinajstić information content (AvgIpc) is 2.91. The minimum Gasteiger partial charge on any atom is -0.465 e. The van der Waals surface area contributed by atoms with Gasteiger partial charge in [-0.2, -0.15) is 0 Å². The monoisotopic (exact) mass is 338 g/mol. The van der Waals surface area contributed by atoms with E-state index in [-0.39, 0.29) is 12.5 Å². The number of thioether (sulfide) groups is 1. The molecule has 0 unspecified atom stereocenters. The summed E-state index contributed by atoms with van der Waals surface area (Å²) in [7, 11) is 0. The fourth-order valence-electron chi connectivity index (χ4n) is 2.24. The maximum absolute atomic E-state index is 11.6. The Morgan fingerprint density at radius 1 is 1.41 bits per heavy atom. The van der Waals surface area contributed by atoms with Crippen molar-refractivity contribution in [3.8, 4) is 11.4 Å². The number of esters is 1. The first-order chi connectivity index (χ1) is 10.7. The topological polar surface area (TPSA) is 60.2 Å². The molecule has 1 aromatic carbocycles. The Kier molecular flexibility index (Phi) is 4.66. The van der Waals surface area contributed by atoms with Gasteiger partial charge in [-0.1, -0.05) is 35.5 Å². The van der Waals surface area contributed by atoms with Crippen molar-refractivity contribution < 1.29 is 9.53 Å². The SMILES string of the molecule is CCOC(=O)CN1CSc2nnc(-c3ccccc3Cl)n2C1. The van der Waals surface area contributed by atoms with Crippen molar-refractivity contribution in [2.24, 2.45) is 0 Å². The summed E-state index contributed by atoms with van der Waals surface area (Å²) in [5, 5.41) is 9.90. The predicted molar refractivity (Wildman–Crippen MR) is 84.5 cm³/mol. The molecule has 0 aliphatic carbocycles. The van der Waals surface area contributed by atoms with E-state index in [4.69, 9.17) is 16.3 Å². The molecule has 0 saturated carbocycles. The molecule has 0 N–H and O–H groups in total. The number of benzene rings is 1. The number of rotatable bonds is 4. The van der Waals surface area contributed by atoms with E-state index >= 15 is 0 Å². The molecule has 0 radical (unpaired) electrons. The number of halogens is 1. The van der Waals surface area contributed by atoms with Crippen molar-refractivity contribution >= 4 is 29.3 Å². The molecule has 2 heterocycles. The van der Waals surface area contributed by atoms with E-state index in [2.05, 4.69) is 10.2 Å². The Balaban J connectivity index is 1.83. The summed E-state index contributed by atoms with van der Waals surface area (Å²) in [6.07, 6.45) is 0. The molecule has 2 aromatic rings. The van der Waals surface area contributed by atoms with Gasteiger partial charge in [-0.15, -0.1) is 10.2 Å². The van der Waals surface area contributed by atoms with Crippen molar-refractivity contribution in [2.45, 2.75) is 18.7 Å². The lowest BCUT2D eigenvalue weighted by Crippen LogP contribution is -2.35. The number of hydrogen-bond donors (Lipinski definition) is 0. The van der Waals surface area contributed by atoms with Crippen LogP contribution in [0.5, 0.6) is 0 Å². The largest absolute Gasteiger partial charge is 0.465 e. The van der Waals surface area contributed by atoms with Gasteiger partial charge < -0.3 is 4.74 Å². The molecule has 6 nitrogen and oxygen atoms in total. The first-order valence-electron chi connectivity index (χ1n) is 6.88. The second-order valence-electron chi connectivity index (χ2n) is 4.76. The lowest BCUT2D eigenvalue weighted by atomic mass is 10.2. The summed E-state index contributed by atoms with van der Waals surface area (Å²) in [6, 6.07) is 7.52. The van der Waals surface area contributed by atoms with Crippen LogP contribution in [-0.4, -0.2) is 44.7 Å². The highest BCUT2D eigenvalue weighted by Gasteiger charge is 2.24. The van der Waals surface area contributed by atoms with Gasteiger partial charge >= 0.3 is 5.97 Å². The molecule has 1 aliphatic heterocycles. The second kappa shape index (κ2) is 6.68. The summed E-state index contributed by atoms with van der Waals surface area (Å²) >= 11 is 7.79. The van der Waals surface area contributed by atoms with E-state index in [1.165, 1.54) is 0 Å². The van der Waals surface area contributed by atoms with Gasteiger partial charge in [-0.3, -0.25) is 14.3 Å². The summed E-state index contributed by atoms with van der Waals surface area (Å²) in [5.74, 6) is 1.17. The highest BCUT2D eigenvalue weighted by Crippen LogP contribution is 2.31. The van der Waals surface area contributed by atoms with E-state index < -0.39 is 0 Å². The van der Waals surface area contributed by atoms with Gasteiger partial charge in [0.2, 0.25) is 0 Å². The van der Waals surface area contributed by atoms with E-state index in [9.17, 15) is 4.79 Å². The van der Waals surface area contributed by atoms with Crippen LogP contribution in [0, 0.1) is 0 Å². The fourth-order valence-corrected chi connectivity index (χ4v) is 3.33. The number of ether oxygens (including phenoxy) is 1. The van der Waals surface area contributed by atoms with Crippen molar-refractivity contribution in [1.29, 1.82) is 0 Å². The summed E-state index contributed by atoms with van der Waals surface area (Å²) in [5.41, 5.74) is 0.835. The van der Waals surface area contributed by atoms with Crippen molar-refractivity contribution in [3.63, 3.8) is 0 Å². The lowest BCUT2D eigenvalue weighted by molar-refractivity contribution is -0.144. The van der Waals surface area contributed by atoms with Crippen molar-refractivity contribution in [2.75, 3.05) is 19.0 Å². The number of aromatic nitrogens is 3. The average molecular weight is 339 g/mol. The Bertz CT molecular complexity index is 691. The van der Waals surface area contributed by atoms with Crippen LogP contribution in [0.1, 0.15) is 6.92 Å². The maximum Gasteiger partial charge on any atom is 0.320 e. The Hall–Kier alpha value is -1.57. The van der Waals surface area contributed by atoms with Crippen molar-refractivity contribution in [1.82, 2.24) is 19.7 Å². The van der Waals surface area contributed by atoms with Gasteiger partial charge in [-0.25, -0.2) is 0 Å². The van der Waals surface area contributed by atoms with Gasteiger partial charge in [0.05, 0.1) is 30.7 Å². The van der Waals surface area contributed by atoms with Crippen LogP contribution in [0.4, 0.5) is 0 Å². The molecule has 0 saturated heterocycles. The van der Waals surface area contributed by atoms with Crippen LogP contribution in [0.3, 0.4) is 0 Å². The standard InChI is InChI=1S/C14H15ClN4O2S/c1-2-21-12(20)7-18-8-19-13(16-17-14(19)22-9-18)10-5-3-4-6-11(10)15/h3-6H,2,7-9H2,1H3. The minimum atomic E-state index is -0.223. The molecular weight excluding hydrogens is 324 g/mol. The van der Waals surface area contributed by atoms with Gasteiger partial charge in [0.25, 0.3) is 0 Å². The van der Waals surface area contributed by atoms with Crippen LogP contribution < -0.4 is 0 Å². The maximum atomic E-state index is 11.6. The van der Waals surface area contributed by atoms with E-state index in [0.717, 1.165) is 10.7 Å². The third-order valence-corrected chi connectivity index (χ3v) is 4.59. The molecule has 0 fully saturated rings. The number of hydrogen-bond acceptors (Lipinski definition) is 6. The zero-order chi connectivity index (χ0) is 15.5. The first-order valence-corrected chi connectivity index (χ1v) is 8.24. The van der Waals surface area contributed by atoms with Gasteiger partial charge in [0, 0.05) is 5.56 Å². The second-order valence-corrected chi connectivity index (χ2v) is 6.08. The number of carbonyl (C=O) groups is 1. The van der Waals surface area contributed by atoms with Gasteiger partial charge in [-0.05, 0) is 19.1 Å². The summed E-state index contributed by atoms with van der Waals surface area (Å²) < 4.78 is 6.96. The van der Waals surface area contributed by atoms with Gasteiger partial charge in [0.15, 0.2) is 11.0 Å². The highest BCUT2D eigenvalue weighted by atomic mass is 35.5. The van der Waals surface area contributed by atoms with Crippen LogP contribution in [-0.2, 0) is 16.2 Å². The first kappa shape index (κ1) is 15.3. The third kappa shape index (κ3) is 3.11. The van der Waals surface area contributed by atoms with Crippen LogP contribution >= 0.6 is 23.4 Å². The molecular formula is C14H15ClN4O2S. The zero-order valence-corrected chi connectivity index (χ0v) is 13.6. The van der Waals surface area contributed by atoms with E-state index in [0.29, 0.717) is 30.0 Å². The smallest absolute Gasteiger partial charge is 0.320 e. The Labute approximate surface area is 137 Å². The normalized spacial score (nSPS) is 14.6. The lowest BCUT2D eigenvalue weighted by Gasteiger charge is -2.26. The quantitative estimate of drug-likeness (QED) is 0.798. The van der Waals surface area contributed by atoms with Crippen LogP contribution in [0.25, 0.3) is 11.4 Å². The molecule has 22 heavy (non-hydrogen) atoms.